The Hall–Kier alpha value is -0.620. The number of rotatable bonds is 4. The lowest BCUT2D eigenvalue weighted by molar-refractivity contribution is -0.116. The molecule has 1 aromatic carbocycles. The zero-order valence-electron chi connectivity index (χ0n) is 12.3. The lowest BCUT2D eigenvalue weighted by Crippen LogP contribution is -2.40. The van der Waals surface area contributed by atoms with E-state index in [-0.39, 0.29) is 30.7 Å². The predicted octanol–water partition coefficient (Wildman–Crippen LogP) is 2.63. The van der Waals surface area contributed by atoms with Gasteiger partial charge in [0, 0.05) is 44.6 Å². The largest absolute Gasteiger partial charge is 0.376 e. The van der Waals surface area contributed by atoms with Crippen LogP contribution in [0, 0.1) is 0 Å². The molecule has 4 nitrogen and oxygen atoms in total. The average molecular weight is 352 g/mol. The summed E-state index contributed by atoms with van der Waals surface area (Å²) >= 11 is 1.91. The van der Waals surface area contributed by atoms with Crippen molar-refractivity contribution in [3.63, 3.8) is 0 Å². The predicted molar refractivity (Wildman–Crippen MR) is 97.6 cm³/mol. The monoisotopic (exact) mass is 351 g/mol. The fourth-order valence-electron chi connectivity index (χ4n) is 2.15. The number of hydrogen-bond acceptors (Lipinski definition) is 4. The van der Waals surface area contributed by atoms with Crippen LogP contribution in [0.1, 0.15) is 6.42 Å². The summed E-state index contributed by atoms with van der Waals surface area (Å²) in [5, 5.41) is 6.39. The first-order valence-electron chi connectivity index (χ1n) is 6.54. The van der Waals surface area contributed by atoms with Crippen LogP contribution in [-0.4, -0.2) is 44.1 Å². The SMILES string of the molecule is CN(C)c1ccccc1NC(=O)CC1CSCCN1.Cl.Cl. The lowest BCUT2D eigenvalue weighted by atomic mass is 10.2. The van der Waals surface area contributed by atoms with E-state index in [4.69, 9.17) is 0 Å². The van der Waals surface area contributed by atoms with E-state index < -0.39 is 0 Å². The molecule has 1 fully saturated rings. The van der Waals surface area contributed by atoms with Gasteiger partial charge >= 0.3 is 0 Å². The summed E-state index contributed by atoms with van der Waals surface area (Å²) in [5.74, 6) is 2.24. The van der Waals surface area contributed by atoms with Crippen molar-refractivity contribution < 1.29 is 4.79 Å². The van der Waals surface area contributed by atoms with Crippen LogP contribution in [0.4, 0.5) is 11.4 Å². The molecule has 7 heteroatoms. The molecule has 1 amide bonds. The molecule has 0 aliphatic carbocycles. The summed E-state index contributed by atoms with van der Waals surface area (Å²) in [5.41, 5.74) is 1.91. The van der Waals surface area contributed by atoms with E-state index in [2.05, 4.69) is 10.6 Å². The third-order valence-electron chi connectivity index (χ3n) is 3.09. The van der Waals surface area contributed by atoms with Crippen LogP contribution in [0.3, 0.4) is 0 Å². The molecule has 0 aromatic heterocycles. The number of para-hydroxylation sites is 2. The number of anilines is 2. The van der Waals surface area contributed by atoms with Gasteiger partial charge in [0.1, 0.15) is 0 Å². The van der Waals surface area contributed by atoms with Crippen LogP contribution < -0.4 is 15.5 Å². The molecular weight excluding hydrogens is 329 g/mol. The summed E-state index contributed by atoms with van der Waals surface area (Å²) in [4.78, 5) is 14.1. The van der Waals surface area contributed by atoms with E-state index in [1.807, 2.05) is 55.0 Å². The van der Waals surface area contributed by atoms with Crippen molar-refractivity contribution in [3.05, 3.63) is 24.3 Å². The molecule has 0 bridgehead atoms. The molecule has 21 heavy (non-hydrogen) atoms. The standard InChI is InChI=1S/C14H21N3OS.2ClH/c1-17(2)13-6-4-3-5-12(13)16-14(18)9-11-10-19-8-7-15-11;;/h3-6,11,15H,7-10H2,1-2H3,(H,16,18);2*1H. The molecule has 1 aliphatic heterocycles. The van der Waals surface area contributed by atoms with Crippen LogP contribution in [0.2, 0.25) is 0 Å². The van der Waals surface area contributed by atoms with Gasteiger partial charge in [-0.1, -0.05) is 12.1 Å². The summed E-state index contributed by atoms with van der Waals surface area (Å²) in [6.45, 7) is 0.997. The molecule has 1 atom stereocenters. The minimum atomic E-state index is 0. The van der Waals surface area contributed by atoms with Gasteiger partial charge in [-0.25, -0.2) is 0 Å². The fraction of sp³-hybridized carbons (Fsp3) is 0.500. The molecule has 0 spiro atoms. The van der Waals surface area contributed by atoms with Crippen molar-refractivity contribution in [1.29, 1.82) is 0 Å². The maximum atomic E-state index is 12.1. The van der Waals surface area contributed by atoms with Gasteiger partial charge in [-0.05, 0) is 12.1 Å². The summed E-state index contributed by atoms with van der Waals surface area (Å²) in [6, 6.07) is 8.16. The summed E-state index contributed by atoms with van der Waals surface area (Å²) in [7, 11) is 3.95. The van der Waals surface area contributed by atoms with Gasteiger partial charge in [-0.15, -0.1) is 24.8 Å². The van der Waals surface area contributed by atoms with E-state index >= 15 is 0 Å². The second-order valence-electron chi connectivity index (χ2n) is 4.89. The molecule has 0 saturated carbocycles. The Balaban J connectivity index is 0.00000200. The molecule has 0 radical (unpaired) electrons. The minimum Gasteiger partial charge on any atom is -0.376 e. The third-order valence-corrected chi connectivity index (χ3v) is 4.22. The van der Waals surface area contributed by atoms with Gasteiger partial charge in [-0.3, -0.25) is 4.79 Å². The number of thioether (sulfide) groups is 1. The van der Waals surface area contributed by atoms with Gasteiger partial charge in [0.05, 0.1) is 11.4 Å². The zero-order chi connectivity index (χ0) is 13.7. The lowest BCUT2D eigenvalue weighted by Gasteiger charge is -2.23. The van der Waals surface area contributed by atoms with Crippen molar-refractivity contribution in [2.75, 3.05) is 42.4 Å². The Kier molecular flexibility index (Phi) is 9.86. The number of halogens is 2. The van der Waals surface area contributed by atoms with Crippen LogP contribution in [-0.2, 0) is 4.79 Å². The fourth-order valence-corrected chi connectivity index (χ4v) is 3.09. The first-order valence-corrected chi connectivity index (χ1v) is 7.69. The van der Waals surface area contributed by atoms with Crippen LogP contribution in [0.15, 0.2) is 24.3 Å². The highest BCUT2D eigenvalue weighted by molar-refractivity contribution is 7.99. The zero-order valence-corrected chi connectivity index (χ0v) is 14.7. The molecule has 1 aliphatic rings. The molecule has 120 valence electrons. The van der Waals surface area contributed by atoms with Crippen LogP contribution in [0.5, 0.6) is 0 Å². The minimum absolute atomic E-state index is 0. The van der Waals surface area contributed by atoms with Crippen molar-refractivity contribution >= 4 is 53.9 Å². The molecular formula is C14H23Cl2N3OS. The van der Waals surface area contributed by atoms with E-state index in [9.17, 15) is 4.79 Å². The van der Waals surface area contributed by atoms with Gasteiger partial charge < -0.3 is 15.5 Å². The maximum absolute atomic E-state index is 12.1. The number of carbonyl (C=O) groups excluding carboxylic acids is 1. The number of nitrogens with one attached hydrogen (secondary N) is 2. The van der Waals surface area contributed by atoms with Crippen molar-refractivity contribution in [1.82, 2.24) is 5.32 Å². The molecule has 2 rings (SSSR count). The van der Waals surface area contributed by atoms with E-state index in [0.29, 0.717) is 12.5 Å². The molecule has 1 unspecified atom stereocenters. The highest BCUT2D eigenvalue weighted by Gasteiger charge is 2.17. The van der Waals surface area contributed by atoms with Crippen molar-refractivity contribution in [2.45, 2.75) is 12.5 Å². The van der Waals surface area contributed by atoms with Crippen LogP contribution >= 0.6 is 36.6 Å². The Morgan fingerprint density at radius 2 is 2.10 bits per heavy atom. The summed E-state index contributed by atoms with van der Waals surface area (Å²) < 4.78 is 0. The third kappa shape index (κ3) is 6.34. The number of carbonyl (C=O) groups is 1. The van der Waals surface area contributed by atoms with Gasteiger partial charge in [0.15, 0.2) is 0 Å². The normalized spacial score (nSPS) is 17.1. The quantitative estimate of drug-likeness (QED) is 0.875. The molecule has 2 N–H and O–H groups in total. The van der Waals surface area contributed by atoms with Gasteiger partial charge in [-0.2, -0.15) is 11.8 Å². The number of hydrogen-bond donors (Lipinski definition) is 2. The maximum Gasteiger partial charge on any atom is 0.226 e. The first-order chi connectivity index (χ1) is 9.16. The Bertz CT molecular complexity index is 440. The number of nitrogens with zero attached hydrogens (tertiary/aromatic N) is 1. The van der Waals surface area contributed by atoms with E-state index in [0.717, 1.165) is 29.4 Å². The number of amides is 1. The smallest absolute Gasteiger partial charge is 0.226 e. The van der Waals surface area contributed by atoms with E-state index in [1.54, 1.807) is 0 Å². The number of benzene rings is 1. The molecule has 1 heterocycles. The Morgan fingerprint density at radius 3 is 2.71 bits per heavy atom. The highest BCUT2D eigenvalue weighted by Crippen LogP contribution is 2.23. The molecule has 1 aromatic rings. The van der Waals surface area contributed by atoms with Crippen molar-refractivity contribution in [3.8, 4) is 0 Å². The van der Waals surface area contributed by atoms with E-state index in [1.165, 1.54) is 0 Å². The topological polar surface area (TPSA) is 44.4 Å². The second kappa shape index (κ2) is 10.2. The molecule has 1 saturated heterocycles. The van der Waals surface area contributed by atoms with Gasteiger partial charge in [0.2, 0.25) is 5.91 Å². The van der Waals surface area contributed by atoms with Crippen LogP contribution in [0.25, 0.3) is 0 Å². The Morgan fingerprint density at radius 1 is 1.38 bits per heavy atom. The first kappa shape index (κ1) is 20.4. The summed E-state index contributed by atoms with van der Waals surface area (Å²) in [6.07, 6.45) is 0.536. The Labute approximate surface area is 143 Å². The van der Waals surface area contributed by atoms with Gasteiger partial charge in [0.25, 0.3) is 0 Å². The second-order valence-corrected chi connectivity index (χ2v) is 6.04. The average Bonchev–Trinajstić information content (AvgIpc) is 2.40. The highest BCUT2D eigenvalue weighted by atomic mass is 35.5. The van der Waals surface area contributed by atoms with Crippen molar-refractivity contribution in [2.24, 2.45) is 0 Å².